The topological polar surface area (TPSA) is 114 Å². The number of carbonyl (C=O) groups excluding carboxylic acids is 2. The lowest BCUT2D eigenvalue weighted by molar-refractivity contribution is -0.384. The highest BCUT2D eigenvalue weighted by Gasteiger charge is 2.14. The minimum Gasteiger partial charge on any atom is -0.318 e. The van der Waals surface area contributed by atoms with Gasteiger partial charge in [-0.2, -0.15) is 5.10 Å². The van der Waals surface area contributed by atoms with Crippen LogP contribution >= 0.6 is 0 Å². The minimum atomic E-state index is -0.959. The summed E-state index contributed by atoms with van der Waals surface area (Å²) < 4.78 is 0. The minimum absolute atomic E-state index is 0.116. The Kier molecular flexibility index (Phi) is 5.35. The normalized spacial score (nSPS) is 11.0. The van der Waals surface area contributed by atoms with E-state index in [9.17, 15) is 19.7 Å². The van der Waals surface area contributed by atoms with Crippen LogP contribution in [0.5, 0.6) is 0 Å². The van der Waals surface area contributed by atoms with Gasteiger partial charge in [0.1, 0.15) is 0 Å². The number of nitro groups is 1. The largest absolute Gasteiger partial charge is 0.329 e. The number of anilines is 1. The van der Waals surface area contributed by atoms with Gasteiger partial charge in [-0.25, -0.2) is 5.43 Å². The van der Waals surface area contributed by atoms with E-state index in [0.717, 1.165) is 27.1 Å². The molecule has 152 valence electrons. The van der Waals surface area contributed by atoms with Gasteiger partial charge in [-0.3, -0.25) is 19.7 Å². The molecule has 0 aliphatic rings. The Morgan fingerprint density at radius 3 is 2.00 bits per heavy atom. The van der Waals surface area contributed by atoms with Crippen molar-refractivity contribution in [2.45, 2.75) is 0 Å². The molecule has 0 bridgehead atoms. The number of nitrogens with zero attached hydrogens (tertiary/aromatic N) is 2. The quantitative estimate of drug-likeness (QED) is 0.173. The number of hydrogen-bond acceptors (Lipinski definition) is 5. The zero-order valence-corrected chi connectivity index (χ0v) is 16.1. The molecular formula is C23H16N4O4. The van der Waals surface area contributed by atoms with Gasteiger partial charge in [0.2, 0.25) is 0 Å². The first-order valence-electron chi connectivity index (χ1n) is 9.32. The van der Waals surface area contributed by atoms with Crippen LogP contribution in [0.3, 0.4) is 0 Å². The van der Waals surface area contributed by atoms with Crippen molar-refractivity contribution in [1.29, 1.82) is 0 Å². The van der Waals surface area contributed by atoms with Crippen LogP contribution in [-0.4, -0.2) is 23.0 Å². The van der Waals surface area contributed by atoms with E-state index in [-0.39, 0.29) is 11.4 Å². The van der Waals surface area contributed by atoms with Gasteiger partial charge in [0.25, 0.3) is 5.69 Å². The van der Waals surface area contributed by atoms with E-state index >= 15 is 0 Å². The van der Waals surface area contributed by atoms with Crippen molar-refractivity contribution in [3.63, 3.8) is 0 Å². The fourth-order valence-electron chi connectivity index (χ4n) is 3.25. The fraction of sp³-hybridized carbons (Fsp3) is 0. The zero-order chi connectivity index (χ0) is 21.8. The SMILES string of the molecule is O=C(N/N=C/c1c2ccccc2cc2ccccc12)C(=O)Nc1ccc([N+](=O)[O-])cc1. The number of nitrogens with one attached hydrogen (secondary N) is 2. The van der Waals surface area contributed by atoms with Crippen LogP contribution in [0, 0.1) is 10.1 Å². The molecule has 2 N–H and O–H groups in total. The number of non-ortho nitro benzene ring substituents is 1. The van der Waals surface area contributed by atoms with Gasteiger partial charge < -0.3 is 5.32 Å². The number of rotatable bonds is 4. The second-order valence-corrected chi connectivity index (χ2v) is 6.69. The Morgan fingerprint density at radius 1 is 0.839 bits per heavy atom. The maximum atomic E-state index is 12.1. The van der Waals surface area contributed by atoms with Crippen LogP contribution in [0.25, 0.3) is 21.5 Å². The van der Waals surface area contributed by atoms with Crippen LogP contribution in [0.2, 0.25) is 0 Å². The summed E-state index contributed by atoms with van der Waals surface area (Å²) in [6, 6.07) is 22.9. The molecule has 0 saturated carbocycles. The van der Waals surface area contributed by atoms with Gasteiger partial charge >= 0.3 is 11.8 Å². The molecule has 0 aromatic heterocycles. The van der Waals surface area contributed by atoms with Crippen molar-refractivity contribution in [3.05, 3.63) is 94.5 Å². The molecule has 4 rings (SSSR count). The van der Waals surface area contributed by atoms with Crippen LogP contribution in [0.15, 0.2) is 84.0 Å². The molecule has 8 heteroatoms. The first kappa shape index (κ1) is 19.7. The summed E-state index contributed by atoms with van der Waals surface area (Å²) in [6.45, 7) is 0. The molecule has 8 nitrogen and oxygen atoms in total. The molecule has 0 fully saturated rings. The number of hydrazone groups is 1. The molecule has 4 aromatic rings. The Bertz CT molecular complexity index is 1290. The van der Waals surface area contributed by atoms with Crippen LogP contribution < -0.4 is 10.7 Å². The monoisotopic (exact) mass is 412 g/mol. The number of fused-ring (bicyclic) bond motifs is 2. The van der Waals surface area contributed by atoms with Gasteiger partial charge in [-0.1, -0.05) is 48.5 Å². The van der Waals surface area contributed by atoms with Gasteiger partial charge in [-0.05, 0) is 39.7 Å². The summed E-state index contributed by atoms with van der Waals surface area (Å²) in [5, 5.41) is 21.0. The average Bonchev–Trinajstić information content (AvgIpc) is 2.78. The molecule has 0 aliphatic heterocycles. The Labute approximate surface area is 176 Å². The third-order valence-corrected chi connectivity index (χ3v) is 4.71. The molecule has 31 heavy (non-hydrogen) atoms. The maximum absolute atomic E-state index is 12.1. The van der Waals surface area contributed by atoms with Crippen LogP contribution in [-0.2, 0) is 9.59 Å². The third kappa shape index (κ3) is 4.23. The van der Waals surface area contributed by atoms with Gasteiger partial charge in [0.15, 0.2) is 0 Å². The van der Waals surface area contributed by atoms with E-state index < -0.39 is 16.7 Å². The standard InChI is InChI=1S/C23H16N4O4/c28-22(25-17-9-11-18(12-10-17)27(30)31)23(29)26-24-14-21-19-7-3-1-5-15(19)13-16-6-2-4-8-20(16)21/h1-14H,(H,25,28)(H,26,29)/b24-14+. The lowest BCUT2D eigenvalue weighted by Crippen LogP contribution is -2.32. The molecule has 4 aromatic carbocycles. The molecule has 0 saturated heterocycles. The summed E-state index contributed by atoms with van der Waals surface area (Å²) >= 11 is 0. The Morgan fingerprint density at radius 2 is 1.42 bits per heavy atom. The van der Waals surface area contributed by atoms with Crippen molar-refractivity contribution < 1.29 is 14.5 Å². The second-order valence-electron chi connectivity index (χ2n) is 6.69. The van der Waals surface area contributed by atoms with E-state index in [1.54, 1.807) is 0 Å². The smallest absolute Gasteiger partial charge is 0.318 e. The predicted octanol–water partition coefficient (Wildman–Crippen LogP) is 3.99. The highest BCUT2D eigenvalue weighted by molar-refractivity contribution is 6.39. The van der Waals surface area contributed by atoms with E-state index in [2.05, 4.69) is 21.9 Å². The molecular weight excluding hydrogens is 396 g/mol. The number of benzene rings is 4. The molecule has 0 unspecified atom stereocenters. The molecule has 0 spiro atoms. The van der Waals surface area contributed by atoms with E-state index in [1.807, 2.05) is 48.5 Å². The molecule has 0 radical (unpaired) electrons. The zero-order valence-electron chi connectivity index (χ0n) is 16.1. The summed E-state index contributed by atoms with van der Waals surface area (Å²) in [4.78, 5) is 34.3. The first-order valence-corrected chi connectivity index (χ1v) is 9.32. The highest BCUT2D eigenvalue weighted by Crippen LogP contribution is 2.27. The Balaban J connectivity index is 1.51. The van der Waals surface area contributed by atoms with Gasteiger partial charge in [0, 0.05) is 23.4 Å². The lowest BCUT2D eigenvalue weighted by Gasteiger charge is -2.08. The summed E-state index contributed by atoms with van der Waals surface area (Å²) in [5.74, 6) is -1.90. The van der Waals surface area contributed by atoms with E-state index in [0.29, 0.717) is 0 Å². The molecule has 0 atom stereocenters. The number of hydrogen-bond donors (Lipinski definition) is 2. The number of amides is 2. The number of nitro benzene ring substituents is 1. The highest BCUT2D eigenvalue weighted by atomic mass is 16.6. The first-order chi connectivity index (χ1) is 15.0. The average molecular weight is 412 g/mol. The van der Waals surface area contributed by atoms with Crippen molar-refractivity contribution in [1.82, 2.24) is 5.43 Å². The van der Waals surface area contributed by atoms with Gasteiger partial charge in [0.05, 0.1) is 11.1 Å². The predicted molar refractivity (Wildman–Crippen MR) is 119 cm³/mol. The number of carbonyl (C=O) groups is 2. The summed E-state index contributed by atoms with van der Waals surface area (Å²) in [5.41, 5.74) is 3.19. The Hall–Kier alpha value is -4.59. The van der Waals surface area contributed by atoms with E-state index in [1.165, 1.54) is 30.5 Å². The third-order valence-electron chi connectivity index (χ3n) is 4.71. The second kappa shape index (κ2) is 8.42. The molecule has 0 heterocycles. The van der Waals surface area contributed by atoms with E-state index in [4.69, 9.17) is 0 Å². The maximum Gasteiger partial charge on any atom is 0.329 e. The fourth-order valence-corrected chi connectivity index (χ4v) is 3.25. The van der Waals surface area contributed by atoms with Crippen LogP contribution in [0.1, 0.15) is 5.56 Å². The summed E-state index contributed by atoms with van der Waals surface area (Å²) in [6.07, 6.45) is 1.52. The van der Waals surface area contributed by atoms with Crippen molar-refractivity contribution in [2.75, 3.05) is 5.32 Å². The summed E-state index contributed by atoms with van der Waals surface area (Å²) in [7, 11) is 0. The van der Waals surface area contributed by atoms with Crippen molar-refractivity contribution >= 4 is 50.9 Å². The van der Waals surface area contributed by atoms with Crippen LogP contribution in [0.4, 0.5) is 11.4 Å². The van der Waals surface area contributed by atoms with Crippen molar-refractivity contribution in [2.24, 2.45) is 5.10 Å². The van der Waals surface area contributed by atoms with Gasteiger partial charge in [-0.15, -0.1) is 0 Å². The van der Waals surface area contributed by atoms with Crippen molar-refractivity contribution in [3.8, 4) is 0 Å². The lowest BCUT2D eigenvalue weighted by atomic mass is 9.97. The molecule has 0 aliphatic carbocycles. The molecule has 2 amide bonds.